The predicted molar refractivity (Wildman–Crippen MR) is 75.1 cm³/mol. The van der Waals surface area contributed by atoms with Crippen molar-refractivity contribution < 1.29 is 23.9 Å². The number of esters is 1. The van der Waals surface area contributed by atoms with Crippen LogP contribution in [0.25, 0.3) is 0 Å². The lowest BCUT2D eigenvalue weighted by molar-refractivity contribution is -0.127. The number of carbonyl (C=O) groups is 3. The zero-order valence-electron chi connectivity index (χ0n) is 12.1. The number of nitrogens with one attached hydrogen (secondary N) is 2. The van der Waals surface area contributed by atoms with Crippen LogP contribution in [0.3, 0.4) is 0 Å². The standard InChI is InChI=1S/C14H18N2O5/c1-4-20-11-8-6-5-7-10(11)13(18)21-9(2)12(17)16-14(19)15-3/h5-9H,4H2,1-3H3,(H2,15,16,17,19)/t9-/m0/s1. The number of amides is 3. The van der Waals surface area contributed by atoms with Gasteiger partial charge in [0.2, 0.25) is 0 Å². The van der Waals surface area contributed by atoms with Crippen molar-refractivity contribution in [2.24, 2.45) is 0 Å². The highest BCUT2D eigenvalue weighted by Gasteiger charge is 2.22. The van der Waals surface area contributed by atoms with Crippen LogP contribution >= 0.6 is 0 Å². The lowest BCUT2D eigenvalue weighted by Crippen LogP contribution is -2.43. The van der Waals surface area contributed by atoms with E-state index in [0.717, 1.165) is 0 Å². The molecule has 0 aliphatic rings. The van der Waals surface area contributed by atoms with E-state index in [2.05, 4.69) is 5.32 Å². The Balaban J connectivity index is 2.72. The van der Waals surface area contributed by atoms with Crippen LogP contribution in [0.5, 0.6) is 5.75 Å². The molecular formula is C14H18N2O5. The van der Waals surface area contributed by atoms with Crippen molar-refractivity contribution in [3.05, 3.63) is 29.8 Å². The average molecular weight is 294 g/mol. The molecule has 1 rings (SSSR count). The van der Waals surface area contributed by atoms with Crippen molar-refractivity contribution in [3.8, 4) is 5.75 Å². The zero-order chi connectivity index (χ0) is 15.8. The Hall–Kier alpha value is -2.57. The maximum Gasteiger partial charge on any atom is 0.342 e. The quantitative estimate of drug-likeness (QED) is 0.793. The van der Waals surface area contributed by atoms with E-state index in [1.165, 1.54) is 20.0 Å². The minimum atomic E-state index is -1.11. The van der Waals surface area contributed by atoms with Gasteiger partial charge >= 0.3 is 12.0 Å². The summed E-state index contributed by atoms with van der Waals surface area (Å²) in [6, 6.07) is 5.89. The summed E-state index contributed by atoms with van der Waals surface area (Å²) in [6.07, 6.45) is -1.11. The maximum atomic E-state index is 12.0. The average Bonchev–Trinajstić information content (AvgIpc) is 2.47. The molecule has 114 valence electrons. The van der Waals surface area contributed by atoms with Gasteiger partial charge in [-0.3, -0.25) is 10.1 Å². The number of imide groups is 1. The highest BCUT2D eigenvalue weighted by Crippen LogP contribution is 2.19. The normalized spacial score (nSPS) is 11.2. The van der Waals surface area contributed by atoms with Crippen LogP contribution in [0.15, 0.2) is 24.3 Å². The van der Waals surface area contributed by atoms with Gasteiger partial charge in [0.25, 0.3) is 5.91 Å². The first kappa shape index (κ1) is 16.5. The largest absolute Gasteiger partial charge is 0.493 e. The molecule has 0 bridgehead atoms. The molecule has 0 radical (unpaired) electrons. The Kier molecular flexibility index (Phi) is 6.19. The summed E-state index contributed by atoms with van der Waals surface area (Å²) in [5.41, 5.74) is 0.221. The minimum Gasteiger partial charge on any atom is -0.493 e. The van der Waals surface area contributed by atoms with E-state index in [9.17, 15) is 14.4 Å². The van der Waals surface area contributed by atoms with Crippen LogP contribution in [0.4, 0.5) is 4.79 Å². The third-order valence-electron chi connectivity index (χ3n) is 2.52. The zero-order valence-corrected chi connectivity index (χ0v) is 12.1. The molecule has 0 aromatic heterocycles. The van der Waals surface area contributed by atoms with Gasteiger partial charge in [-0.25, -0.2) is 9.59 Å². The van der Waals surface area contributed by atoms with Gasteiger partial charge < -0.3 is 14.8 Å². The summed E-state index contributed by atoms with van der Waals surface area (Å²) in [4.78, 5) is 34.7. The van der Waals surface area contributed by atoms with E-state index in [0.29, 0.717) is 12.4 Å². The fraction of sp³-hybridized carbons (Fsp3) is 0.357. The monoisotopic (exact) mass is 294 g/mol. The molecule has 0 saturated carbocycles. The minimum absolute atomic E-state index is 0.221. The first-order valence-corrected chi connectivity index (χ1v) is 6.45. The van der Waals surface area contributed by atoms with Gasteiger partial charge in [0.1, 0.15) is 11.3 Å². The van der Waals surface area contributed by atoms with Crippen LogP contribution in [0, 0.1) is 0 Å². The molecule has 7 nitrogen and oxygen atoms in total. The molecule has 0 aliphatic carbocycles. The van der Waals surface area contributed by atoms with Crippen LogP contribution in [0.2, 0.25) is 0 Å². The third kappa shape index (κ3) is 4.79. The predicted octanol–water partition coefficient (Wildman–Crippen LogP) is 1.09. The van der Waals surface area contributed by atoms with E-state index < -0.39 is 24.0 Å². The number of benzene rings is 1. The van der Waals surface area contributed by atoms with Crippen LogP contribution in [0.1, 0.15) is 24.2 Å². The maximum absolute atomic E-state index is 12.0. The Morgan fingerprint density at radius 3 is 2.52 bits per heavy atom. The fourth-order valence-electron chi connectivity index (χ4n) is 1.47. The molecule has 0 spiro atoms. The molecule has 0 unspecified atom stereocenters. The Bertz CT molecular complexity index is 530. The highest BCUT2D eigenvalue weighted by molar-refractivity contribution is 5.99. The summed E-state index contributed by atoms with van der Waals surface area (Å²) < 4.78 is 10.3. The molecule has 1 aromatic rings. The van der Waals surface area contributed by atoms with Gasteiger partial charge in [-0.1, -0.05) is 12.1 Å². The first-order valence-electron chi connectivity index (χ1n) is 6.45. The Labute approximate surface area is 122 Å². The van der Waals surface area contributed by atoms with Crippen molar-refractivity contribution in [1.29, 1.82) is 0 Å². The lowest BCUT2D eigenvalue weighted by atomic mass is 10.2. The van der Waals surface area contributed by atoms with E-state index >= 15 is 0 Å². The second-order valence-corrected chi connectivity index (χ2v) is 4.05. The van der Waals surface area contributed by atoms with Gasteiger partial charge in [0.05, 0.1) is 6.61 Å². The van der Waals surface area contributed by atoms with Crippen molar-refractivity contribution in [3.63, 3.8) is 0 Å². The third-order valence-corrected chi connectivity index (χ3v) is 2.52. The molecule has 0 aliphatic heterocycles. The molecule has 0 saturated heterocycles. The molecule has 21 heavy (non-hydrogen) atoms. The smallest absolute Gasteiger partial charge is 0.342 e. The Morgan fingerprint density at radius 1 is 1.24 bits per heavy atom. The van der Waals surface area contributed by atoms with Crippen molar-refractivity contribution in [2.75, 3.05) is 13.7 Å². The van der Waals surface area contributed by atoms with Crippen LogP contribution in [-0.2, 0) is 9.53 Å². The molecule has 2 N–H and O–H groups in total. The first-order chi connectivity index (χ1) is 9.99. The number of urea groups is 1. The summed E-state index contributed by atoms with van der Waals surface area (Å²) in [5, 5.41) is 4.26. The summed E-state index contributed by atoms with van der Waals surface area (Å²) >= 11 is 0. The van der Waals surface area contributed by atoms with Gasteiger partial charge in [0, 0.05) is 7.05 Å². The molecule has 1 atom stereocenters. The number of carbonyl (C=O) groups excluding carboxylic acids is 3. The number of rotatable bonds is 5. The second-order valence-electron chi connectivity index (χ2n) is 4.05. The van der Waals surface area contributed by atoms with Gasteiger partial charge in [-0.05, 0) is 26.0 Å². The van der Waals surface area contributed by atoms with E-state index in [1.807, 2.05) is 5.32 Å². The van der Waals surface area contributed by atoms with Crippen LogP contribution in [-0.4, -0.2) is 37.7 Å². The number of hydrogen-bond acceptors (Lipinski definition) is 5. The van der Waals surface area contributed by atoms with E-state index in [1.54, 1.807) is 25.1 Å². The molecular weight excluding hydrogens is 276 g/mol. The van der Waals surface area contributed by atoms with Crippen molar-refractivity contribution in [2.45, 2.75) is 20.0 Å². The van der Waals surface area contributed by atoms with Gasteiger partial charge in [-0.15, -0.1) is 0 Å². The van der Waals surface area contributed by atoms with Gasteiger partial charge in [-0.2, -0.15) is 0 Å². The van der Waals surface area contributed by atoms with Crippen LogP contribution < -0.4 is 15.4 Å². The van der Waals surface area contributed by atoms with E-state index in [-0.39, 0.29) is 5.56 Å². The summed E-state index contributed by atoms with van der Waals surface area (Å²) in [6.45, 7) is 3.57. The SMILES string of the molecule is CCOc1ccccc1C(=O)O[C@@H](C)C(=O)NC(=O)NC. The Morgan fingerprint density at radius 2 is 1.90 bits per heavy atom. The topological polar surface area (TPSA) is 93.7 Å². The summed E-state index contributed by atoms with van der Waals surface area (Å²) in [7, 11) is 1.37. The molecule has 3 amide bonds. The van der Waals surface area contributed by atoms with Crippen molar-refractivity contribution >= 4 is 17.9 Å². The van der Waals surface area contributed by atoms with E-state index in [4.69, 9.17) is 9.47 Å². The molecule has 7 heteroatoms. The second kappa shape index (κ2) is 7.88. The summed E-state index contributed by atoms with van der Waals surface area (Å²) in [5.74, 6) is -1.03. The number of ether oxygens (including phenoxy) is 2. The molecule has 1 aromatic carbocycles. The van der Waals surface area contributed by atoms with Crippen molar-refractivity contribution in [1.82, 2.24) is 10.6 Å². The number of hydrogen-bond donors (Lipinski definition) is 2. The number of para-hydroxylation sites is 1. The highest BCUT2D eigenvalue weighted by atomic mass is 16.5. The molecule has 0 fully saturated rings. The van der Waals surface area contributed by atoms with Gasteiger partial charge in [0.15, 0.2) is 6.10 Å². The fourth-order valence-corrected chi connectivity index (χ4v) is 1.47. The lowest BCUT2D eigenvalue weighted by Gasteiger charge is -2.14. The molecule has 0 heterocycles.